The van der Waals surface area contributed by atoms with Gasteiger partial charge in [-0.05, 0) is 59.7 Å². The van der Waals surface area contributed by atoms with Gasteiger partial charge in [0.1, 0.15) is 11.2 Å². The van der Waals surface area contributed by atoms with Crippen molar-refractivity contribution in [3.63, 3.8) is 0 Å². The zero-order valence-corrected chi connectivity index (χ0v) is 21.6. The fourth-order valence-corrected chi connectivity index (χ4v) is 6.95. The minimum Gasteiger partial charge on any atom is -0.454 e. The molecule has 0 saturated carbocycles. The summed E-state index contributed by atoms with van der Waals surface area (Å²) in [5.74, 6) is 0. The molecule has 10 rings (SSSR count). The molecule has 0 amide bonds. The molecule has 0 aliphatic carbocycles. The van der Waals surface area contributed by atoms with E-state index in [4.69, 9.17) is 8.83 Å². The lowest BCUT2D eigenvalue weighted by atomic mass is 9.98. The van der Waals surface area contributed by atoms with Crippen LogP contribution in [0.3, 0.4) is 0 Å². The SMILES string of the molecule is N#Cc1ccc(-c2cc3c4ccc5c6ccccc6oc5c4n4c3c(c2)c2ccc3c5ccccc5oc3c24)cc1. The fourth-order valence-electron chi connectivity index (χ4n) is 6.95. The van der Waals surface area contributed by atoms with Crippen LogP contribution in [0.25, 0.3) is 93.1 Å². The minimum absolute atomic E-state index is 0.654. The van der Waals surface area contributed by atoms with Gasteiger partial charge in [-0.15, -0.1) is 0 Å². The van der Waals surface area contributed by atoms with Crippen molar-refractivity contribution in [1.82, 2.24) is 4.40 Å². The predicted octanol–water partition coefficient (Wildman–Crippen LogP) is 10.2. The van der Waals surface area contributed by atoms with Crippen LogP contribution in [0.15, 0.2) is 118 Å². The molecule has 4 heterocycles. The van der Waals surface area contributed by atoms with E-state index in [2.05, 4.69) is 71.1 Å². The van der Waals surface area contributed by atoms with Gasteiger partial charge in [0.2, 0.25) is 0 Å². The van der Waals surface area contributed by atoms with Crippen LogP contribution >= 0.6 is 0 Å². The summed E-state index contributed by atoms with van der Waals surface area (Å²) >= 11 is 0. The van der Waals surface area contributed by atoms with Crippen LogP contribution < -0.4 is 0 Å². The molecular formula is C37H18N2O2. The first-order valence-corrected chi connectivity index (χ1v) is 13.7. The zero-order valence-electron chi connectivity index (χ0n) is 21.6. The Morgan fingerprint density at radius 2 is 0.976 bits per heavy atom. The third-order valence-corrected chi connectivity index (χ3v) is 8.75. The number of rotatable bonds is 1. The first-order valence-electron chi connectivity index (χ1n) is 13.7. The summed E-state index contributed by atoms with van der Waals surface area (Å²) in [5.41, 5.74) is 9.63. The summed E-state index contributed by atoms with van der Waals surface area (Å²) in [6.45, 7) is 0. The summed E-state index contributed by atoms with van der Waals surface area (Å²) in [6, 6.07) is 39.9. The highest BCUT2D eigenvalue weighted by Gasteiger charge is 2.25. The Labute approximate surface area is 232 Å². The minimum atomic E-state index is 0.654. The number of benzene rings is 6. The molecule has 4 aromatic heterocycles. The number of aromatic nitrogens is 1. The van der Waals surface area contributed by atoms with Crippen LogP contribution in [-0.4, -0.2) is 4.40 Å². The van der Waals surface area contributed by atoms with Crippen LogP contribution in [0.5, 0.6) is 0 Å². The summed E-state index contributed by atoms with van der Waals surface area (Å²) in [4.78, 5) is 0. The molecule has 0 bridgehead atoms. The molecule has 0 saturated heterocycles. The van der Waals surface area contributed by atoms with Crippen molar-refractivity contribution < 1.29 is 8.83 Å². The predicted molar refractivity (Wildman–Crippen MR) is 166 cm³/mol. The van der Waals surface area contributed by atoms with E-state index >= 15 is 0 Å². The van der Waals surface area contributed by atoms with E-state index in [0.29, 0.717) is 5.56 Å². The van der Waals surface area contributed by atoms with Gasteiger partial charge in [-0.25, -0.2) is 0 Å². The Morgan fingerprint density at radius 3 is 1.51 bits per heavy atom. The van der Waals surface area contributed by atoms with Crippen molar-refractivity contribution in [2.24, 2.45) is 0 Å². The second-order valence-electron chi connectivity index (χ2n) is 10.8. The van der Waals surface area contributed by atoms with Gasteiger partial charge in [0.25, 0.3) is 0 Å². The van der Waals surface area contributed by atoms with Crippen molar-refractivity contribution in [2.45, 2.75) is 0 Å². The first-order chi connectivity index (χ1) is 20.3. The molecule has 4 heteroatoms. The molecule has 0 aliphatic heterocycles. The van der Waals surface area contributed by atoms with E-state index in [1.807, 2.05) is 48.5 Å². The monoisotopic (exact) mass is 522 g/mol. The Balaban J connectivity index is 1.48. The Kier molecular flexibility index (Phi) is 3.72. The number of hydrogen-bond donors (Lipinski definition) is 0. The Morgan fingerprint density at radius 1 is 0.463 bits per heavy atom. The van der Waals surface area contributed by atoms with E-state index in [0.717, 1.165) is 82.3 Å². The second kappa shape index (κ2) is 7.24. The standard InChI is InChI=1S/C37H18N2O2/c38-19-20-9-11-21(12-10-20)22-17-29-25-13-15-27-23-5-1-3-7-31(23)40-36(27)34(25)39-33(29)30(18-22)26-14-16-28-24-6-2-4-8-32(24)41-37(28)35(26)39/h1-18H. The zero-order chi connectivity index (χ0) is 26.8. The van der Waals surface area contributed by atoms with E-state index in [-0.39, 0.29) is 0 Å². The van der Waals surface area contributed by atoms with Crippen LogP contribution in [0.4, 0.5) is 0 Å². The number of nitriles is 1. The fraction of sp³-hybridized carbons (Fsp3) is 0. The smallest absolute Gasteiger partial charge is 0.160 e. The van der Waals surface area contributed by atoms with E-state index in [1.54, 1.807) is 0 Å². The average molecular weight is 523 g/mol. The molecule has 4 nitrogen and oxygen atoms in total. The molecule has 0 N–H and O–H groups in total. The second-order valence-corrected chi connectivity index (χ2v) is 10.8. The van der Waals surface area contributed by atoms with Crippen molar-refractivity contribution in [3.8, 4) is 17.2 Å². The summed E-state index contributed by atoms with van der Waals surface area (Å²) in [6.07, 6.45) is 0. The van der Waals surface area contributed by atoms with Gasteiger partial charge in [0.05, 0.1) is 28.2 Å². The van der Waals surface area contributed by atoms with Crippen LogP contribution in [0.1, 0.15) is 5.56 Å². The molecule has 0 atom stereocenters. The quantitative estimate of drug-likeness (QED) is 0.215. The molecule has 0 spiro atoms. The van der Waals surface area contributed by atoms with Crippen molar-refractivity contribution >= 4 is 82.0 Å². The largest absolute Gasteiger partial charge is 0.454 e. The van der Waals surface area contributed by atoms with Gasteiger partial charge in [0, 0.05) is 43.1 Å². The van der Waals surface area contributed by atoms with Crippen LogP contribution in [0.2, 0.25) is 0 Å². The third kappa shape index (κ3) is 2.54. The topological polar surface area (TPSA) is 54.5 Å². The van der Waals surface area contributed by atoms with E-state index in [1.165, 1.54) is 10.8 Å². The lowest BCUT2D eigenvalue weighted by Crippen LogP contribution is -1.82. The first kappa shape index (κ1) is 21.1. The lowest BCUT2D eigenvalue weighted by molar-refractivity contribution is 0.670. The van der Waals surface area contributed by atoms with Crippen molar-refractivity contribution in [2.75, 3.05) is 0 Å². The Hall–Kier alpha value is -5.79. The number of hydrogen-bond acceptors (Lipinski definition) is 3. The van der Waals surface area contributed by atoms with E-state index in [9.17, 15) is 5.26 Å². The van der Waals surface area contributed by atoms with Gasteiger partial charge in [-0.2, -0.15) is 5.26 Å². The molecule has 0 aliphatic rings. The highest BCUT2D eigenvalue weighted by molar-refractivity contribution is 6.31. The number of furan rings is 2. The maximum absolute atomic E-state index is 9.34. The molecular weight excluding hydrogens is 504 g/mol. The summed E-state index contributed by atoms with van der Waals surface area (Å²) in [5, 5.41) is 18.4. The molecule has 0 fully saturated rings. The third-order valence-electron chi connectivity index (χ3n) is 8.75. The maximum atomic E-state index is 9.34. The van der Waals surface area contributed by atoms with E-state index < -0.39 is 0 Å². The molecule has 41 heavy (non-hydrogen) atoms. The molecule has 0 unspecified atom stereocenters. The van der Waals surface area contributed by atoms with Crippen molar-refractivity contribution in [3.05, 3.63) is 115 Å². The summed E-state index contributed by atoms with van der Waals surface area (Å²) in [7, 11) is 0. The highest BCUT2D eigenvalue weighted by Crippen LogP contribution is 2.47. The number of fused-ring (bicyclic) bond motifs is 14. The average Bonchev–Trinajstić information content (AvgIpc) is 3.76. The summed E-state index contributed by atoms with van der Waals surface area (Å²) < 4.78 is 15.6. The van der Waals surface area contributed by atoms with Crippen molar-refractivity contribution in [1.29, 1.82) is 5.26 Å². The highest BCUT2D eigenvalue weighted by atomic mass is 16.3. The lowest BCUT2D eigenvalue weighted by Gasteiger charge is -2.04. The van der Waals surface area contributed by atoms with Gasteiger partial charge >= 0.3 is 0 Å². The van der Waals surface area contributed by atoms with Crippen LogP contribution in [0, 0.1) is 11.3 Å². The van der Waals surface area contributed by atoms with Gasteiger partial charge < -0.3 is 13.2 Å². The van der Waals surface area contributed by atoms with Crippen LogP contribution in [-0.2, 0) is 0 Å². The normalized spacial score (nSPS) is 12.4. The number of nitrogens with zero attached hydrogens (tertiary/aromatic N) is 2. The molecule has 6 aromatic carbocycles. The molecule has 188 valence electrons. The number of para-hydroxylation sites is 2. The molecule has 10 aromatic rings. The Bertz CT molecular complexity index is 2590. The molecule has 0 radical (unpaired) electrons. The van der Waals surface area contributed by atoms with Gasteiger partial charge in [0.15, 0.2) is 11.2 Å². The van der Waals surface area contributed by atoms with Gasteiger partial charge in [-0.3, -0.25) is 0 Å². The maximum Gasteiger partial charge on any atom is 0.160 e. The van der Waals surface area contributed by atoms with Gasteiger partial charge in [-0.1, -0.05) is 60.7 Å².